The molecular formula is C25H24N2O5S. The third-order valence-corrected chi connectivity index (χ3v) is 6.32. The smallest absolute Gasteiger partial charge is 0.338 e. The molecule has 1 atom stereocenters. The van der Waals surface area contributed by atoms with Crippen molar-refractivity contribution in [2.75, 3.05) is 20.8 Å². The Kier molecular flexibility index (Phi) is 6.46. The van der Waals surface area contributed by atoms with Crippen LogP contribution in [-0.4, -0.2) is 31.4 Å². The van der Waals surface area contributed by atoms with Gasteiger partial charge in [0, 0.05) is 0 Å². The maximum atomic E-state index is 13.6. The summed E-state index contributed by atoms with van der Waals surface area (Å²) in [6.45, 7) is 3.76. The first-order chi connectivity index (χ1) is 16.0. The molecule has 2 heterocycles. The Labute approximate surface area is 194 Å². The highest BCUT2D eigenvalue weighted by Gasteiger charge is 2.33. The molecule has 1 aromatic heterocycles. The van der Waals surface area contributed by atoms with Crippen molar-refractivity contribution in [3.8, 4) is 11.5 Å². The summed E-state index contributed by atoms with van der Waals surface area (Å²) in [6, 6.07) is 14.3. The van der Waals surface area contributed by atoms with Gasteiger partial charge in [0.15, 0.2) is 16.3 Å². The largest absolute Gasteiger partial charge is 0.493 e. The number of methoxy groups -OCH3 is 2. The second-order valence-corrected chi connectivity index (χ2v) is 8.34. The maximum absolute atomic E-state index is 13.6. The molecule has 170 valence electrons. The van der Waals surface area contributed by atoms with E-state index < -0.39 is 12.0 Å². The monoisotopic (exact) mass is 464 g/mol. The molecule has 7 nitrogen and oxygen atoms in total. The lowest BCUT2D eigenvalue weighted by Gasteiger charge is -2.24. The van der Waals surface area contributed by atoms with Gasteiger partial charge in [-0.15, -0.1) is 0 Å². The molecule has 8 heteroatoms. The van der Waals surface area contributed by atoms with E-state index in [1.165, 1.54) is 11.3 Å². The van der Waals surface area contributed by atoms with Gasteiger partial charge in [0.25, 0.3) is 5.56 Å². The minimum absolute atomic E-state index is 0.225. The molecule has 1 aliphatic heterocycles. The molecule has 2 aromatic carbocycles. The number of ether oxygens (including phenoxy) is 3. The highest BCUT2D eigenvalue weighted by atomic mass is 32.1. The lowest BCUT2D eigenvalue weighted by Crippen LogP contribution is -2.39. The highest BCUT2D eigenvalue weighted by Crippen LogP contribution is 2.31. The molecule has 0 fully saturated rings. The number of esters is 1. The summed E-state index contributed by atoms with van der Waals surface area (Å²) in [6.07, 6.45) is 1.79. The maximum Gasteiger partial charge on any atom is 0.338 e. The molecule has 1 aliphatic rings. The van der Waals surface area contributed by atoms with E-state index >= 15 is 0 Å². The molecule has 4 rings (SSSR count). The fourth-order valence-corrected chi connectivity index (χ4v) is 4.88. The van der Waals surface area contributed by atoms with Crippen molar-refractivity contribution in [2.24, 2.45) is 4.99 Å². The average Bonchev–Trinajstić information content (AvgIpc) is 3.13. The molecule has 0 unspecified atom stereocenters. The van der Waals surface area contributed by atoms with Crippen molar-refractivity contribution in [1.29, 1.82) is 0 Å². The van der Waals surface area contributed by atoms with Gasteiger partial charge in [0.05, 0.1) is 42.7 Å². The minimum atomic E-state index is -0.617. The number of benzene rings is 2. The highest BCUT2D eigenvalue weighted by molar-refractivity contribution is 7.07. The molecule has 0 N–H and O–H groups in total. The Bertz CT molecular complexity index is 1400. The number of carbonyl (C=O) groups is 1. The normalized spacial score (nSPS) is 15.6. The van der Waals surface area contributed by atoms with Crippen LogP contribution in [0.25, 0.3) is 6.08 Å². The van der Waals surface area contributed by atoms with E-state index in [-0.39, 0.29) is 12.2 Å². The standard InChI is InChI=1S/C25H24N2O5S/c1-5-32-24(29)21-15(2)26-25-27(22(21)17-9-7-6-8-10-17)23(28)20(33-25)14-16-11-12-18(30-3)19(13-16)31-4/h6-14,22H,5H2,1-4H3/b20-14+/t22-/m0/s1. The van der Waals surface area contributed by atoms with Crippen LogP contribution in [-0.2, 0) is 9.53 Å². The van der Waals surface area contributed by atoms with Crippen LogP contribution in [0.3, 0.4) is 0 Å². The number of fused-ring (bicyclic) bond motifs is 1. The van der Waals surface area contributed by atoms with Crippen LogP contribution >= 0.6 is 11.3 Å². The van der Waals surface area contributed by atoms with Crippen molar-refractivity contribution in [2.45, 2.75) is 19.9 Å². The van der Waals surface area contributed by atoms with Crippen molar-refractivity contribution in [3.63, 3.8) is 0 Å². The number of nitrogens with zero attached hydrogens (tertiary/aromatic N) is 2. The van der Waals surface area contributed by atoms with Gasteiger partial charge in [-0.25, -0.2) is 9.79 Å². The van der Waals surface area contributed by atoms with E-state index in [1.807, 2.05) is 36.4 Å². The lowest BCUT2D eigenvalue weighted by atomic mass is 9.96. The van der Waals surface area contributed by atoms with Gasteiger partial charge in [-0.1, -0.05) is 47.7 Å². The Morgan fingerprint density at radius 1 is 1.12 bits per heavy atom. The van der Waals surface area contributed by atoms with Crippen LogP contribution in [0.2, 0.25) is 0 Å². The number of thiazole rings is 1. The zero-order valence-corrected chi connectivity index (χ0v) is 19.6. The summed E-state index contributed by atoms with van der Waals surface area (Å²) in [5, 5.41) is 0. The van der Waals surface area contributed by atoms with Gasteiger partial charge in [-0.2, -0.15) is 0 Å². The minimum Gasteiger partial charge on any atom is -0.493 e. The number of hydrogen-bond donors (Lipinski definition) is 0. The summed E-state index contributed by atoms with van der Waals surface area (Å²) in [4.78, 5) is 31.5. The fourth-order valence-electron chi connectivity index (χ4n) is 3.84. The first-order valence-corrected chi connectivity index (χ1v) is 11.3. The van der Waals surface area contributed by atoms with Crippen LogP contribution in [0, 0.1) is 0 Å². The van der Waals surface area contributed by atoms with E-state index in [9.17, 15) is 9.59 Å². The summed E-state index contributed by atoms with van der Waals surface area (Å²) < 4.78 is 18.1. The van der Waals surface area contributed by atoms with Gasteiger partial charge < -0.3 is 14.2 Å². The van der Waals surface area contributed by atoms with Crippen LogP contribution in [0.4, 0.5) is 0 Å². The van der Waals surface area contributed by atoms with Gasteiger partial charge in [-0.3, -0.25) is 9.36 Å². The van der Waals surface area contributed by atoms with E-state index in [4.69, 9.17) is 14.2 Å². The van der Waals surface area contributed by atoms with Crippen LogP contribution in [0.15, 0.2) is 69.6 Å². The van der Waals surface area contributed by atoms with Crippen molar-refractivity contribution < 1.29 is 19.0 Å². The van der Waals surface area contributed by atoms with E-state index in [0.29, 0.717) is 32.1 Å². The predicted octanol–water partition coefficient (Wildman–Crippen LogP) is 2.82. The van der Waals surface area contributed by atoms with E-state index in [2.05, 4.69) is 4.99 Å². The third kappa shape index (κ3) is 4.21. The van der Waals surface area contributed by atoms with E-state index in [1.54, 1.807) is 50.8 Å². The summed E-state index contributed by atoms with van der Waals surface area (Å²) in [7, 11) is 3.14. The predicted molar refractivity (Wildman–Crippen MR) is 126 cm³/mol. The molecule has 0 saturated heterocycles. The molecule has 3 aromatic rings. The van der Waals surface area contributed by atoms with Crippen molar-refractivity contribution in [1.82, 2.24) is 4.57 Å². The number of allylic oxidation sites excluding steroid dienone is 1. The number of rotatable bonds is 6. The Morgan fingerprint density at radius 2 is 1.85 bits per heavy atom. The molecule has 0 radical (unpaired) electrons. The summed E-state index contributed by atoms with van der Waals surface area (Å²) in [5.41, 5.74) is 2.29. The molecule has 0 saturated carbocycles. The molecule has 0 aliphatic carbocycles. The Morgan fingerprint density at radius 3 is 2.52 bits per heavy atom. The van der Waals surface area contributed by atoms with E-state index in [0.717, 1.165) is 11.1 Å². The third-order valence-electron chi connectivity index (χ3n) is 5.34. The topological polar surface area (TPSA) is 79.1 Å². The van der Waals surface area contributed by atoms with Crippen molar-refractivity contribution >= 4 is 23.4 Å². The van der Waals surface area contributed by atoms with Crippen LogP contribution < -0.4 is 24.4 Å². The van der Waals surface area contributed by atoms with Crippen LogP contribution in [0.1, 0.15) is 31.0 Å². The molecule has 0 spiro atoms. The van der Waals surface area contributed by atoms with Gasteiger partial charge >= 0.3 is 5.97 Å². The lowest BCUT2D eigenvalue weighted by molar-refractivity contribution is -0.139. The summed E-state index contributed by atoms with van der Waals surface area (Å²) in [5.74, 6) is 0.707. The zero-order chi connectivity index (χ0) is 23.5. The zero-order valence-electron chi connectivity index (χ0n) is 18.8. The molecular weight excluding hydrogens is 440 g/mol. The molecule has 0 amide bonds. The number of aromatic nitrogens is 1. The second-order valence-electron chi connectivity index (χ2n) is 7.33. The van der Waals surface area contributed by atoms with Gasteiger partial charge in [0.1, 0.15) is 0 Å². The van der Waals surface area contributed by atoms with Gasteiger partial charge in [-0.05, 0) is 43.2 Å². The SMILES string of the molecule is CCOC(=O)C1=C(C)N=c2s/c(=C/c3ccc(OC)c(OC)c3)c(=O)n2[C@H]1c1ccccc1. The fraction of sp³-hybridized carbons (Fsp3) is 0.240. The Hall–Kier alpha value is -3.65. The number of carbonyl (C=O) groups excluding carboxylic acids is 1. The first-order valence-electron chi connectivity index (χ1n) is 10.4. The average molecular weight is 465 g/mol. The molecule has 33 heavy (non-hydrogen) atoms. The van der Waals surface area contributed by atoms with Crippen LogP contribution in [0.5, 0.6) is 11.5 Å². The second kappa shape index (κ2) is 9.46. The Balaban J connectivity index is 1.92. The number of hydrogen-bond acceptors (Lipinski definition) is 7. The quantitative estimate of drug-likeness (QED) is 0.524. The molecule has 0 bridgehead atoms. The summed E-state index contributed by atoms with van der Waals surface area (Å²) >= 11 is 1.28. The van der Waals surface area contributed by atoms with Gasteiger partial charge in [0.2, 0.25) is 0 Å². The first kappa shape index (κ1) is 22.5. The van der Waals surface area contributed by atoms with Crippen molar-refractivity contribution in [3.05, 3.63) is 90.6 Å².